The molecule has 2 aliphatic heterocycles. The fourth-order valence-corrected chi connectivity index (χ4v) is 3.23. The number of aromatic nitrogens is 1. The van der Waals surface area contributed by atoms with Crippen LogP contribution in [0.3, 0.4) is 0 Å². The van der Waals surface area contributed by atoms with Crippen LogP contribution in [0.2, 0.25) is 0 Å². The molecule has 0 saturated carbocycles. The van der Waals surface area contributed by atoms with Crippen molar-refractivity contribution in [3.05, 3.63) is 30.2 Å². The topological polar surface area (TPSA) is 54.4 Å². The number of nitrogens with zero attached hydrogens (tertiary/aromatic N) is 2. The van der Waals surface area contributed by atoms with Crippen molar-refractivity contribution in [2.45, 2.75) is 6.54 Å². The van der Waals surface area contributed by atoms with Crippen LogP contribution in [0.1, 0.15) is 5.69 Å². The lowest BCUT2D eigenvalue weighted by Gasteiger charge is -2.14. The van der Waals surface area contributed by atoms with Crippen LogP contribution in [0.25, 0.3) is 11.5 Å². The molecule has 2 fully saturated rings. The second-order valence-electron chi connectivity index (χ2n) is 5.53. The number of furan rings is 1. The largest absolute Gasteiger partial charge is 0.461 e. The van der Waals surface area contributed by atoms with Gasteiger partial charge in [-0.05, 0) is 37.1 Å². The van der Waals surface area contributed by atoms with Crippen molar-refractivity contribution in [2.75, 3.05) is 26.2 Å². The van der Waals surface area contributed by atoms with Crippen molar-refractivity contribution in [1.82, 2.24) is 15.4 Å². The first kappa shape index (κ1) is 11.3. The summed E-state index contributed by atoms with van der Waals surface area (Å²) in [5.74, 6) is 3.08. The molecule has 1 N–H and O–H groups in total. The van der Waals surface area contributed by atoms with Gasteiger partial charge in [0.05, 0.1) is 12.0 Å². The van der Waals surface area contributed by atoms with E-state index in [1.54, 1.807) is 6.26 Å². The highest BCUT2D eigenvalue weighted by molar-refractivity contribution is 5.49. The number of nitrogens with one attached hydrogen (secondary N) is 1. The summed E-state index contributed by atoms with van der Waals surface area (Å²) in [5.41, 5.74) is 0.985. The molecule has 0 amide bonds. The molecule has 0 unspecified atom stereocenters. The van der Waals surface area contributed by atoms with Gasteiger partial charge in [-0.15, -0.1) is 0 Å². The Hall–Kier alpha value is -1.59. The number of rotatable bonds is 3. The van der Waals surface area contributed by atoms with Gasteiger partial charge < -0.3 is 14.3 Å². The Morgan fingerprint density at radius 1 is 1.26 bits per heavy atom. The van der Waals surface area contributed by atoms with Crippen molar-refractivity contribution in [1.29, 1.82) is 0 Å². The molecule has 0 radical (unpaired) electrons. The van der Waals surface area contributed by atoms with Crippen LogP contribution in [0.5, 0.6) is 0 Å². The molecule has 19 heavy (non-hydrogen) atoms. The molecule has 0 spiro atoms. The Kier molecular flexibility index (Phi) is 2.67. The van der Waals surface area contributed by atoms with Gasteiger partial charge in [-0.3, -0.25) is 4.90 Å². The van der Waals surface area contributed by atoms with E-state index < -0.39 is 0 Å². The van der Waals surface area contributed by atoms with E-state index in [-0.39, 0.29) is 0 Å². The predicted molar refractivity (Wildman–Crippen MR) is 69.3 cm³/mol. The van der Waals surface area contributed by atoms with Crippen LogP contribution in [-0.4, -0.2) is 36.2 Å². The highest BCUT2D eigenvalue weighted by Gasteiger charge is 2.36. The van der Waals surface area contributed by atoms with Crippen molar-refractivity contribution >= 4 is 0 Å². The molecule has 2 aromatic heterocycles. The SMILES string of the molecule is c1coc(-c2cc(CN3C[C@H]4CNC[C@H]4C3)no2)c1. The first-order valence-electron chi connectivity index (χ1n) is 6.81. The molecule has 2 atom stereocenters. The van der Waals surface area contributed by atoms with E-state index >= 15 is 0 Å². The maximum atomic E-state index is 5.33. The van der Waals surface area contributed by atoms with Crippen molar-refractivity contribution in [3.63, 3.8) is 0 Å². The summed E-state index contributed by atoms with van der Waals surface area (Å²) in [6.45, 7) is 5.54. The lowest BCUT2D eigenvalue weighted by molar-refractivity contribution is 0.293. The average Bonchev–Trinajstić information content (AvgIpc) is 3.12. The lowest BCUT2D eigenvalue weighted by atomic mass is 10.0. The summed E-state index contributed by atoms with van der Waals surface area (Å²) in [7, 11) is 0. The van der Waals surface area contributed by atoms with E-state index in [1.165, 1.54) is 13.1 Å². The molecule has 100 valence electrons. The molecule has 0 bridgehead atoms. The van der Waals surface area contributed by atoms with Gasteiger partial charge in [0.1, 0.15) is 0 Å². The number of fused-ring (bicyclic) bond motifs is 1. The normalized spacial score (nSPS) is 26.9. The summed E-state index contributed by atoms with van der Waals surface area (Å²) >= 11 is 0. The fraction of sp³-hybridized carbons (Fsp3) is 0.500. The summed E-state index contributed by atoms with van der Waals surface area (Å²) in [4.78, 5) is 2.47. The fourth-order valence-electron chi connectivity index (χ4n) is 3.23. The van der Waals surface area contributed by atoms with Crippen LogP contribution < -0.4 is 5.32 Å². The van der Waals surface area contributed by atoms with E-state index in [1.807, 2.05) is 18.2 Å². The highest BCUT2D eigenvalue weighted by Crippen LogP contribution is 2.28. The number of hydrogen-bond acceptors (Lipinski definition) is 5. The Labute approximate surface area is 111 Å². The zero-order valence-electron chi connectivity index (χ0n) is 10.7. The molecule has 5 nitrogen and oxygen atoms in total. The molecule has 4 heterocycles. The minimum Gasteiger partial charge on any atom is -0.461 e. The minimum absolute atomic E-state index is 0.709. The molecule has 2 aliphatic rings. The van der Waals surface area contributed by atoms with Gasteiger partial charge in [0.25, 0.3) is 0 Å². The molecule has 2 aromatic rings. The monoisotopic (exact) mass is 259 g/mol. The van der Waals surface area contributed by atoms with Gasteiger partial charge in [0.2, 0.25) is 5.76 Å². The zero-order valence-corrected chi connectivity index (χ0v) is 10.7. The Morgan fingerprint density at radius 2 is 2.11 bits per heavy atom. The summed E-state index contributed by atoms with van der Waals surface area (Å²) in [5, 5.41) is 7.60. The maximum Gasteiger partial charge on any atom is 0.202 e. The molecular weight excluding hydrogens is 242 g/mol. The van der Waals surface area contributed by atoms with E-state index in [0.29, 0.717) is 5.76 Å². The first-order chi connectivity index (χ1) is 9.38. The second kappa shape index (κ2) is 4.51. The Balaban J connectivity index is 1.44. The Morgan fingerprint density at radius 3 is 2.84 bits per heavy atom. The summed E-state index contributed by atoms with van der Waals surface area (Å²) < 4.78 is 10.6. The molecule has 2 saturated heterocycles. The van der Waals surface area contributed by atoms with Crippen LogP contribution in [0, 0.1) is 11.8 Å². The molecule has 0 aromatic carbocycles. The van der Waals surface area contributed by atoms with Gasteiger partial charge in [0.15, 0.2) is 5.76 Å². The van der Waals surface area contributed by atoms with E-state index in [2.05, 4.69) is 15.4 Å². The van der Waals surface area contributed by atoms with E-state index in [9.17, 15) is 0 Å². The van der Waals surface area contributed by atoms with Crippen LogP contribution in [-0.2, 0) is 6.54 Å². The quantitative estimate of drug-likeness (QED) is 0.907. The summed E-state index contributed by atoms with van der Waals surface area (Å²) in [6, 6.07) is 5.72. The zero-order chi connectivity index (χ0) is 12.7. The smallest absolute Gasteiger partial charge is 0.202 e. The van der Waals surface area contributed by atoms with Crippen molar-refractivity contribution < 1.29 is 8.94 Å². The van der Waals surface area contributed by atoms with Gasteiger partial charge in [-0.25, -0.2) is 0 Å². The number of likely N-dealkylation sites (tertiary alicyclic amines) is 1. The van der Waals surface area contributed by atoms with E-state index in [4.69, 9.17) is 8.94 Å². The first-order valence-corrected chi connectivity index (χ1v) is 6.81. The van der Waals surface area contributed by atoms with E-state index in [0.717, 1.165) is 42.9 Å². The third kappa shape index (κ3) is 2.09. The lowest BCUT2D eigenvalue weighted by Crippen LogP contribution is -2.25. The van der Waals surface area contributed by atoms with Crippen LogP contribution in [0.15, 0.2) is 33.4 Å². The van der Waals surface area contributed by atoms with Crippen LogP contribution >= 0.6 is 0 Å². The van der Waals surface area contributed by atoms with Gasteiger partial charge >= 0.3 is 0 Å². The maximum absolute atomic E-state index is 5.33. The second-order valence-corrected chi connectivity index (χ2v) is 5.53. The molecule has 5 heteroatoms. The van der Waals surface area contributed by atoms with Crippen molar-refractivity contribution in [2.24, 2.45) is 11.8 Å². The molecule has 0 aliphatic carbocycles. The minimum atomic E-state index is 0.709. The predicted octanol–water partition coefficient (Wildman–Crippen LogP) is 1.59. The molecular formula is C14H17N3O2. The number of hydrogen-bond donors (Lipinski definition) is 1. The standard InChI is InChI=1S/C14H17N3O2/c1-2-13(18-3-1)14-4-12(16-19-14)9-17-7-10-5-15-6-11(10)8-17/h1-4,10-11,15H,5-9H2/t10-,11+. The molecule has 4 rings (SSSR count). The highest BCUT2D eigenvalue weighted by atomic mass is 16.5. The van der Waals surface area contributed by atoms with Gasteiger partial charge in [0, 0.05) is 25.7 Å². The van der Waals surface area contributed by atoms with Crippen molar-refractivity contribution in [3.8, 4) is 11.5 Å². The van der Waals surface area contributed by atoms with Crippen LogP contribution in [0.4, 0.5) is 0 Å². The average molecular weight is 259 g/mol. The summed E-state index contributed by atoms with van der Waals surface area (Å²) in [6.07, 6.45) is 1.65. The third-order valence-electron chi connectivity index (χ3n) is 4.17. The van der Waals surface area contributed by atoms with Gasteiger partial charge in [-0.1, -0.05) is 5.16 Å². The third-order valence-corrected chi connectivity index (χ3v) is 4.17. The Bertz CT molecular complexity index is 537. The van der Waals surface area contributed by atoms with Gasteiger partial charge in [-0.2, -0.15) is 0 Å².